The number of H-pyrrole nitrogens is 1. The highest BCUT2D eigenvalue weighted by Crippen LogP contribution is 2.50. The third-order valence-corrected chi connectivity index (χ3v) is 6.47. The van der Waals surface area contributed by atoms with Crippen LogP contribution in [0, 0.1) is 11.8 Å². The van der Waals surface area contributed by atoms with Crippen molar-refractivity contribution in [2.45, 2.75) is 51.2 Å². The van der Waals surface area contributed by atoms with Crippen LogP contribution in [0.5, 0.6) is 0 Å². The highest BCUT2D eigenvalue weighted by molar-refractivity contribution is 9.10. The Labute approximate surface area is 172 Å². The van der Waals surface area contributed by atoms with Crippen LogP contribution in [-0.2, 0) is 9.53 Å². The van der Waals surface area contributed by atoms with E-state index in [1.165, 1.54) is 7.11 Å². The van der Waals surface area contributed by atoms with Gasteiger partial charge in [0.2, 0.25) is 5.91 Å². The number of hydrogen-bond acceptors (Lipinski definition) is 4. The number of alkyl carbamates (subject to hydrolysis) is 1. The number of hydrogen-bond donors (Lipinski definition) is 2. The van der Waals surface area contributed by atoms with Crippen molar-refractivity contribution in [3.8, 4) is 0 Å². The van der Waals surface area contributed by atoms with Gasteiger partial charge in [0, 0.05) is 10.5 Å². The Balaban J connectivity index is 1.67. The number of halogens is 1. The maximum absolute atomic E-state index is 13.5. The molecule has 1 aliphatic heterocycles. The molecule has 1 aromatic carbocycles. The Morgan fingerprint density at radius 3 is 2.86 bits per heavy atom. The molecule has 4 atom stereocenters. The zero-order chi connectivity index (χ0) is 20.0. The van der Waals surface area contributed by atoms with E-state index in [1.807, 2.05) is 36.9 Å². The second-order valence-electron chi connectivity index (χ2n) is 8.06. The van der Waals surface area contributed by atoms with Gasteiger partial charge in [-0.05, 0) is 49.3 Å². The summed E-state index contributed by atoms with van der Waals surface area (Å²) < 4.78 is 5.70. The molecule has 0 radical (unpaired) electrons. The van der Waals surface area contributed by atoms with Crippen LogP contribution >= 0.6 is 15.9 Å². The molecule has 2 bridgehead atoms. The molecule has 0 spiro atoms. The summed E-state index contributed by atoms with van der Waals surface area (Å²) in [7, 11) is 1.31. The average Bonchev–Trinajstić information content (AvgIpc) is 3.37. The molecule has 2 aliphatic rings. The van der Waals surface area contributed by atoms with Crippen molar-refractivity contribution in [2.75, 3.05) is 7.11 Å². The van der Waals surface area contributed by atoms with Crippen molar-refractivity contribution >= 4 is 39.0 Å². The lowest BCUT2D eigenvalue weighted by Crippen LogP contribution is -2.54. The molecule has 7 nitrogen and oxygen atoms in total. The number of fused-ring (bicyclic) bond motifs is 3. The number of rotatable bonds is 4. The third-order valence-electron chi connectivity index (χ3n) is 5.97. The summed E-state index contributed by atoms with van der Waals surface area (Å²) in [5, 5.41) is 2.72. The van der Waals surface area contributed by atoms with Crippen molar-refractivity contribution in [3.05, 3.63) is 28.5 Å². The molecule has 1 aromatic heterocycles. The molecule has 2 fully saturated rings. The molecule has 1 aliphatic carbocycles. The molecule has 4 rings (SSSR count). The normalized spacial score (nSPS) is 24.8. The number of piperidine rings is 1. The van der Waals surface area contributed by atoms with Gasteiger partial charge in [-0.25, -0.2) is 9.78 Å². The number of methoxy groups -OCH3 is 1. The lowest BCUT2D eigenvalue weighted by Gasteiger charge is -2.37. The Hall–Kier alpha value is -2.09. The van der Waals surface area contributed by atoms with E-state index >= 15 is 0 Å². The van der Waals surface area contributed by atoms with Crippen molar-refractivity contribution in [1.29, 1.82) is 0 Å². The van der Waals surface area contributed by atoms with E-state index in [2.05, 4.69) is 26.2 Å². The summed E-state index contributed by atoms with van der Waals surface area (Å²) in [6, 6.07) is 5.44. The fraction of sp³-hybridized carbons (Fsp3) is 0.550. The van der Waals surface area contributed by atoms with Gasteiger partial charge in [0.15, 0.2) is 0 Å². The van der Waals surface area contributed by atoms with E-state index < -0.39 is 12.1 Å². The first-order valence-electron chi connectivity index (χ1n) is 9.71. The van der Waals surface area contributed by atoms with E-state index in [4.69, 9.17) is 9.72 Å². The van der Waals surface area contributed by atoms with Gasteiger partial charge in [-0.15, -0.1) is 0 Å². The highest BCUT2D eigenvalue weighted by atomic mass is 79.9. The highest BCUT2D eigenvalue weighted by Gasteiger charge is 2.51. The van der Waals surface area contributed by atoms with Crippen molar-refractivity contribution < 1.29 is 14.3 Å². The Morgan fingerprint density at radius 1 is 1.36 bits per heavy atom. The van der Waals surface area contributed by atoms with Crippen LogP contribution in [0.2, 0.25) is 0 Å². The van der Waals surface area contributed by atoms with Gasteiger partial charge in [0.25, 0.3) is 0 Å². The van der Waals surface area contributed by atoms with Crippen LogP contribution in [0.25, 0.3) is 11.0 Å². The minimum absolute atomic E-state index is 0.0435. The van der Waals surface area contributed by atoms with Gasteiger partial charge in [0.1, 0.15) is 11.9 Å². The molecule has 28 heavy (non-hydrogen) atoms. The number of carbonyl (C=O) groups is 2. The zero-order valence-electron chi connectivity index (χ0n) is 16.2. The molecule has 2 aromatic rings. The molecule has 2 N–H and O–H groups in total. The van der Waals surface area contributed by atoms with E-state index in [-0.39, 0.29) is 23.9 Å². The Kier molecular flexibility index (Phi) is 5.07. The van der Waals surface area contributed by atoms with Crippen LogP contribution in [0.3, 0.4) is 0 Å². The predicted molar refractivity (Wildman–Crippen MR) is 109 cm³/mol. The zero-order valence-corrected chi connectivity index (χ0v) is 17.8. The summed E-state index contributed by atoms with van der Waals surface area (Å²) in [4.78, 5) is 35.4. The average molecular weight is 449 g/mol. The van der Waals surface area contributed by atoms with E-state index in [0.717, 1.165) is 40.6 Å². The van der Waals surface area contributed by atoms with Gasteiger partial charge >= 0.3 is 6.09 Å². The minimum Gasteiger partial charge on any atom is -0.453 e. The SMILES string of the molecule is COC(=O)NC(C(=O)N1C2CCC(C2)[C@H]1c1nc2cc(Br)ccc2[nH]1)C(C)C. The topological polar surface area (TPSA) is 87.3 Å². The van der Waals surface area contributed by atoms with Crippen LogP contribution < -0.4 is 5.32 Å². The molecular weight excluding hydrogens is 424 g/mol. The summed E-state index contributed by atoms with van der Waals surface area (Å²) in [5.74, 6) is 1.12. The summed E-state index contributed by atoms with van der Waals surface area (Å²) in [6.45, 7) is 3.86. The van der Waals surface area contributed by atoms with E-state index in [1.54, 1.807) is 0 Å². The maximum Gasteiger partial charge on any atom is 0.407 e. The second-order valence-corrected chi connectivity index (χ2v) is 8.97. The summed E-state index contributed by atoms with van der Waals surface area (Å²) >= 11 is 3.49. The lowest BCUT2D eigenvalue weighted by atomic mass is 9.95. The van der Waals surface area contributed by atoms with E-state index in [0.29, 0.717) is 5.92 Å². The molecule has 1 saturated carbocycles. The molecule has 2 heterocycles. The number of nitrogens with one attached hydrogen (secondary N) is 2. The van der Waals surface area contributed by atoms with Gasteiger partial charge < -0.3 is 19.9 Å². The first kappa shape index (κ1) is 19.2. The predicted octanol–water partition coefficient (Wildman–Crippen LogP) is 3.76. The number of nitrogens with zero attached hydrogens (tertiary/aromatic N) is 2. The Bertz CT molecular complexity index is 912. The standard InChI is InChI=1S/C20H25BrN4O3/c1-10(2)16(24-20(27)28-3)19(26)25-13-6-4-11(8-13)17(25)18-22-14-7-5-12(21)9-15(14)23-18/h5,7,9-11,13,16-17H,4,6,8H2,1-3H3,(H,22,23)(H,24,27)/t11?,13?,16?,17-/m0/s1. The van der Waals surface area contributed by atoms with Gasteiger partial charge in [0.05, 0.1) is 24.2 Å². The molecular formula is C20H25BrN4O3. The maximum atomic E-state index is 13.5. The smallest absolute Gasteiger partial charge is 0.407 e. The Morgan fingerprint density at radius 2 is 2.14 bits per heavy atom. The number of imidazole rings is 1. The molecule has 8 heteroatoms. The molecule has 1 saturated heterocycles. The largest absolute Gasteiger partial charge is 0.453 e. The third kappa shape index (κ3) is 3.27. The van der Waals surface area contributed by atoms with Gasteiger partial charge in [-0.3, -0.25) is 4.79 Å². The molecule has 150 valence electrons. The van der Waals surface area contributed by atoms with Gasteiger partial charge in [-0.1, -0.05) is 29.8 Å². The number of aromatic nitrogens is 2. The number of aromatic amines is 1. The molecule has 3 unspecified atom stereocenters. The van der Waals surface area contributed by atoms with Gasteiger partial charge in [-0.2, -0.15) is 0 Å². The summed E-state index contributed by atoms with van der Waals surface area (Å²) in [6.07, 6.45) is 2.50. The monoisotopic (exact) mass is 448 g/mol. The number of ether oxygens (including phenoxy) is 1. The van der Waals surface area contributed by atoms with Crippen molar-refractivity contribution in [2.24, 2.45) is 11.8 Å². The van der Waals surface area contributed by atoms with Crippen LogP contribution in [-0.4, -0.2) is 46.1 Å². The van der Waals surface area contributed by atoms with Crippen LogP contribution in [0.15, 0.2) is 22.7 Å². The summed E-state index contributed by atoms with van der Waals surface area (Å²) in [5.41, 5.74) is 1.84. The van der Waals surface area contributed by atoms with Crippen molar-refractivity contribution in [3.63, 3.8) is 0 Å². The number of likely N-dealkylation sites (tertiary alicyclic amines) is 1. The number of amides is 2. The number of carbonyl (C=O) groups excluding carboxylic acids is 2. The van der Waals surface area contributed by atoms with Crippen LogP contribution in [0.4, 0.5) is 4.79 Å². The molecule has 2 amide bonds. The van der Waals surface area contributed by atoms with E-state index in [9.17, 15) is 9.59 Å². The second kappa shape index (κ2) is 7.39. The van der Waals surface area contributed by atoms with Crippen molar-refractivity contribution in [1.82, 2.24) is 20.2 Å². The van der Waals surface area contributed by atoms with Crippen LogP contribution in [0.1, 0.15) is 45.0 Å². The fourth-order valence-corrected chi connectivity index (χ4v) is 5.01. The quantitative estimate of drug-likeness (QED) is 0.744. The number of benzene rings is 1. The fourth-order valence-electron chi connectivity index (χ4n) is 4.66. The first-order chi connectivity index (χ1) is 13.4. The minimum atomic E-state index is -0.618. The lowest BCUT2D eigenvalue weighted by molar-refractivity contribution is -0.139. The first-order valence-corrected chi connectivity index (χ1v) is 10.5.